The van der Waals surface area contributed by atoms with Gasteiger partial charge in [0, 0.05) is 13.1 Å². The summed E-state index contributed by atoms with van der Waals surface area (Å²) in [6.07, 6.45) is -0.663. The first-order valence-corrected chi connectivity index (χ1v) is 20.5. The minimum Gasteiger partial charge on any atom is -0.480 e. The molecule has 0 aromatic heterocycles. The van der Waals surface area contributed by atoms with Crippen molar-refractivity contribution in [3.05, 3.63) is 0 Å². The summed E-state index contributed by atoms with van der Waals surface area (Å²) in [5.41, 5.74) is 27.6. The SMILES string of the molecule is CC(C)C[C@H](NC(=O)[C@H](CCP(=O)(O)O)NC(=O)[C@H](C)NC(=O)[C@H](CCCN=C(N)N)NC(=O)[C@H](CCCN=C(N)N)NC(=O)[C@@H](N)CC(C)C)C(=O)NCC(=O)O. The second-order valence-electron chi connectivity index (χ2n) is 14.5. The van der Waals surface area contributed by atoms with Gasteiger partial charge in [0.15, 0.2) is 11.9 Å². The van der Waals surface area contributed by atoms with Crippen molar-refractivity contribution >= 4 is 60.9 Å². The smallest absolute Gasteiger partial charge is 0.325 e. The van der Waals surface area contributed by atoms with Crippen LogP contribution in [0.5, 0.6) is 0 Å². The van der Waals surface area contributed by atoms with E-state index in [1.807, 2.05) is 13.8 Å². The van der Waals surface area contributed by atoms with Gasteiger partial charge in [0.05, 0.1) is 12.2 Å². The summed E-state index contributed by atoms with van der Waals surface area (Å²) in [5, 5.41) is 23.5. The van der Waals surface area contributed by atoms with Gasteiger partial charge >= 0.3 is 13.6 Å². The van der Waals surface area contributed by atoms with Crippen LogP contribution in [0.2, 0.25) is 0 Å². The predicted octanol–water partition coefficient (Wildman–Crippen LogP) is -4.27. The van der Waals surface area contributed by atoms with Crippen molar-refractivity contribution in [3.8, 4) is 0 Å². The lowest BCUT2D eigenvalue weighted by molar-refractivity contribution is -0.138. The maximum absolute atomic E-state index is 13.6. The number of amides is 6. The molecule has 58 heavy (non-hydrogen) atoms. The van der Waals surface area contributed by atoms with E-state index in [4.69, 9.17) is 33.8 Å². The summed E-state index contributed by atoms with van der Waals surface area (Å²) >= 11 is 0. The molecule has 0 aliphatic heterocycles. The highest BCUT2D eigenvalue weighted by atomic mass is 31.2. The molecule has 0 saturated carbocycles. The van der Waals surface area contributed by atoms with Crippen molar-refractivity contribution in [1.82, 2.24) is 31.9 Å². The van der Waals surface area contributed by atoms with Gasteiger partial charge < -0.3 is 75.5 Å². The number of carboxylic acid groups (broad SMARTS) is 1. The number of aliphatic imine (C=N–C) groups is 2. The number of aliphatic carboxylic acids is 1. The van der Waals surface area contributed by atoms with Crippen molar-refractivity contribution < 1.29 is 53.0 Å². The largest absolute Gasteiger partial charge is 0.480 e. The molecule has 6 atom stereocenters. The highest BCUT2D eigenvalue weighted by molar-refractivity contribution is 7.51. The molecule has 0 radical (unpaired) electrons. The Morgan fingerprint density at radius 3 is 1.43 bits per heavy atom. The Bertz CT molecular complexity index is 1500. The van der Waals surface area contributed by atoms with E-state index in [2.05, 4.69) is 41.9 Å². The number of nitrogens with zero attached hydrogens (tertiary/aromatic N) is 2. The third-order valence-corrected chi connectivity index (χ3v) is 8.91. The minimum atomic E-state index is -4.70. The van der Waals surface area contributed by atoms with Gasteiger partial charge in [-0.15, -0.1) is 0 Å². The fourth-order valence-electron chi connectivity index (χ4n) is 5.21. The van der Waals surface area contributed by atoms with Crippen LogP contribution in [0.4, 0.5) is 0 Å². The van der Waals surface area contributed by atoms with Gasteiger partial charge in [0.1, 0.15) is 36.8 Å². The first-order valence-electron chi connectivity index (χ1n) is 18.7. The van der Waals surface area contributed by atoms with Crippen LogP contribution in [0.25, 0.3) is 0 Å². The molecule has 0 aliphatic rings. The Balaban J connectivity index is 6.28. The molecule has 19 N–H and O–H groups in total. The molecular formula is C33H64N13O11P. The summed E-state index contributed by atoms with van der Waals surface area (Å²) < 4.78 is 11.7. The molecular weight excluding hydrogens is 785 g/mol. The monoisotopic (exact) mass is 849 g/mol. The van der Waals surface area contributed by atoms with E-state index >= 15 is 0 Å². The molecule has 25 heteroatoms. The number of nitrogens with two attached hydrogens (primary N) is 5. The molecule has 0 fully saturated rings. The molecule has 0 rings (SSSR count). The first kappa shape index (κ1) is 52.9. The van der Waals surface area contributed by atoms with Crippen LogP contribution < -0.4 is 60.6 Å². The van der Waals surface area contributed by atoms with Crippen LogP contribution in [0.15, 0.2) is 9.98 Å². The molecule has 6 amide bonds. The van der Waals surface area contributed by atoms with E-state index in [1.165, 1.54) is 6.92 Å². The average Bonchev–Trinajstić information content (AvgIpc) is 3.09. The van der Waals surface area contributed by atoms with E-state index in [0.29, 0.717) is 6.42 Å². The van der Waals surface area contributed by atoms with Crippen molar-refractivity contribution in [3.63, 3.8) is 0 Å². The molecule has 0 aromatic rings. The number of carbonyl (C=O) groups is 7. The van der Waals surface area contributed by atoms with Crippen molar-refractivity contribution in [2.24, 2.45) is 50.5 Å². The Kier molecular flexibility index (Phi) is 24.4. The first-order chi connectivity index (χ1) is 26.8. The van der Waals surface area contributed by atoms with Crippen molar-refractivity contribution in [2.75, 3.05) is 25.8 Å². The van der Waals surface area contributed by atoms with Crippen LogP contribution >= 0.6 is 7.60 Å². The lowest BCUT2D eigenvalue weighted by Gasteiger charge is -2.27. The number of hydrogen-bond acceptors (Lipinski definition) is 11. The fourth-order valence-corrected chi connectivity index (χ4v) is 5.81. The molecule has 0 aliphatic carbocycles. The number of guanidine groups is 2. The Hall–Kier alpha value is -5.06. The van der Waals surface area contributed by atoms with Gasteiger partial charge in [-0.1, -0.05) is 27.7 Å². The average molecular weight is 850 g/mol. The Labute approximate surface area is 337 Å². The third-order valence-electron chi connectivity index (χ3n) is 8.07. The number of nitrogens with one attached hydrogen (secondary N) is 6. The van der Waals surface area contributed by atoms with Crippen LogP contribution in [0.3, 0.4) is 0 Å². The lowest BCUT2D eigenvalue weighted by atomic mass is 10.0. The van der Waals surface area contributed by atoms with E-state index in [9.17, 15) is 47.9 Å². The predicted molar refractivity (Wildman–Crippen MR) is 214 cm³/mol. The fraction of sp³-hybridized carbons (Fsp3) is 0.727. The van der Waals surface area contributed by atoms with Gasteiger partial charge in [-0.3, -0.25) is 48.1 Å². The van der Waals surface area contributed by atoms with Crippen molar-refractivity contribution in [1.29, 1.82) is 0 Å². The van der Waals surface area contributed by atoms with Crippen LogP contribution in [-0.2, 0) is 38.1 Å². The number of carbonyl (C=O) groups excluding carboxylic acids is 6. The second-order valence-corrected chi connectivity index (χ2v) is 16.3. The van der Waals surface area contributed by atoms with Gasteiger partial charge in [0.25, 0.3) is 0 Å². The van der Waals surface area contributed by atoms with Crippen LogP contribution in [-0.4, -0.2) is 130 Å². The quantitative estimate of drug-likeness (QED) is 0.0153. The molecule has 0 spiro atoms. The topological polar surface area (TPSA) is 424 Å². The molecule has 0 unspecified atom stereocenters. The maximum Gasteiger partial charge on any atom is 0.325 e. The van der Waals surface area contributed by atoms with Gasteiger partial charge in [-0.05, 0) is 63.7 Å². The lowest BCUT2D eigenvalue weighted by Crippen LogP contribution is -2.59. The Morgan fingerprint density at radius 1 is 0.586 bits per heavy atom. The molecule has 332 valence electrons. The van der Waals surface area contributed by atoms with Gasteiger partial charge in [-0.2, -0.15) is 0 Å². The Morgan fingerprint density at radius 2 is 1.00 bits per heavy atom. The molecule has 0 bridgehead atoms. The highest BCUT2D eigenvalue weighted by Crippen LogP contribution is 2.35. The number of carboxylic acids is 1. The van der Waals surface area contributed by atoms with E-state index < -0.39 is 104 Å². The van der Waals surface area contributed by atoms with Gasteiger partial charge in [-0.25, -0.2) is 0 Å². The standard InChI is InChI=1S/C33H64N13O11P/c1-17(2)14-20(34)27(50)44-22(9-7-12-40-33(37)38)30(53)45-21(8-6-11-39-32(35)36)29(52)42-19(5)26(49)43-23(10-13-58(55,56)57)31(54)46-24(15-18(3)4)28(51)41-16-25(47)48/h17-24H,6-16,34H2,1-5H3,(H,41,51)(H,42,52)(H,43,49)(H,44,50)(H,45,53)(H,46,54)(H,47,48)(H4,35,36,39)(H4,37,38,40)(H2,55,56,57)/t19-,20-,21-,22-,23-,24-/m0/s1. The zero-order valence-electron chi connectivity index (χ0n) is 33.7. The van der Waals surface area contributed by atoms with E-state index in [0.717, 1.165) is 0 Å². The maximum atomic E-state index is 13.6. The molecule has 24 nitrogen and oxygen atoms in total. The molecule has 0 aromatic carbocycles. The van der Waals surface area contributed by atoms with Gasteiger partial charge in [0.2, 0.25) is 35.4 Å². The van der Waals surface area contributed by atoms with Crippen LogP contribution in [0, 0.1) is 11.8 Å². The summed E-state index contributed by atoms with van der Waals surface area (Å²) in [5.74, 6) is -6.92. The zero-order valence-corrected chi connectivity index (χ0v) is 34.6. The van der Waals surface area contributed by atoms with E-state index in [-0.39, 0.29) is 68.9 Å². The summed E-state index contributed by atoms with van der Waals surface area (Å²) in [4.78, 5) is 117. The van der Waals surface area contributed by atoms with Crippen molar-refractivity contribution in [2.45, 2.75) is 116 Å². The summed E-state index contributed by atoms with van der Waals surface area (Å²) in [6, 6.07) is -7.76. The number of hydrogen-bond donors (Lipinski definition) is 14. The zero-order chi connectivity index (χ0) is 44.7. The molecule has 0 saturated heterocycles. The molecule has 0 heterocycles. The summed E-state index contributed by atoms with van der Waals surface area (Å²) in [6.45, 7) is 7.88. The minimum absolute atomic E-state index is 0.0429. The number of rotatable bonds is 28. The van der Waals surface area contributed by atoms with Crippen LogP contribution in [0.1, 0.15) is 79.6 Å². The van der Waals surface area contributed by atoms with E-state index in [1.54, 1.807) is 13.8 Å². The summed E-state index contributed by atoms with van der Waals surface area (Å²) in [7, 11) is -4.70. The second kappa shape index (κ2) is 26.8. The third kappa shape index (κ3) is 24.5. The highest BCUT2D eigenvalue weighted by Gasteiger charge is 2.33. The normalized spacial score (nSPS) is 14.4.